The molecule has 138 valence electrons. The molecule has 26 heavy (non-hydrogen) atoms. The third kappa shape index (κ3) is 5.33. The Balaban J connectivity index is 2.43. The van der Waals surface area contributed by atoms with Gasteiger partial charge in [-0.2, -0.15) is 0 Å². The SMILES string of the molecule is CCSC(C#Cc1ccccc1)(SCC)[C@H](C)[C@H](OC)c1ccccc1. The molecule has 0 bridgehead atoms. The van der Waals surface area contributed by atoms with Crippen LogP contribution < -0.4 is 0 Å². The summed E-state index contributed by atoms with van der Waals surface area (Å²) in [6, 6.07) is 20.7. The largest absolute Gasteiger partial charge is 0.376 e. The van der Waals surface area contributed by atoms with E-state index in [4.69, 9.17) is 4.74 Å². The van der Waals surface area contributed by atoms with Gasteiger partial charge in [0.05, 0.1) is 6.10 Å². The van der Waals surface area contributed by atoms with Gasteiger partial charge in [-0.1, -0.05) is 81.1 Å². The van der Waals surface area contributed by atoms with E-state index in [0.717, 1.165) is 17.1 Å². The van der Waals surface area contributed by atoms with Crippen LogP contribution >= 0.6 is 23.5 Å². The van der Waals surface area contributed by atoms with Gasteiger partial charge in [-0.15, -0.1) is 23.5 Å². The van der Waals surface area contributed by atoms with E-state index in [1.807, 2.05) is 47.8 Å². The molecule has 2 rings (SSSR count). The van der Waals surface area contributed by atoms with Crippen molar-refractivity contribution in [2.45, 2.75) is 31.0 Å². The fraction of sp³-hybridized carbons (Fsp3) is 0.391. The fourth-order valence-electron chi connectivity index (χ4n) is 3.07. The minimum atomic E-state index is -0.212. The van der Waals surface area contributed by atoms with Gasteiger partial charge in [0.15, 0.2) is 0 Å². The van der Waals surface area contributed by atoms with Crippen LogP contribution in [0.4, 0.5) is 0 Å². The molecule has 1 nitrogen and oxygen atoms in total. The van der Waals surface area contributed by atoms with Crippen LogP contribution in [0.5, 0.6) is 0 Å². The van der Waals surface area contributed by atoms with E-state index in [1.165, 1.54) is 5.56 Å². The van der Waals surface area contributed by atoms with Gasteiger partial charge in [0.1, 0.15) is 4.08 Å². The Morgan fingerprint density at radius 2 is 1.46 bits per heavy atom. The van der Waals surface area contributed by atoms with Crippen molar-refractivity contribution in [1.29, 1.82) is 0 Å². The minimum absolute atomic E-state index is 0.0133. The van der Waals surface area contributed by atoms with Crippen molar-refractivity contribution in [3.63, 3.8) is 0 Å². The first kappa shape index (κ1) is 21.0. The molecule has 0 saturated heterocycles. The van der Waals surface area contributed by atoms with Crippen molar-refractivity contribution in [2.24, 2.45) is 5.92 Å². The molecule has 0 aliphatic carbocycles. The maximum absolute atomic E-state index is 5.95. The van der Waals surface area contributed by atoms with Gasteiger partial charge in [-0.25, -0.2) is 0 Å². The monoisotopic (exact) mass is 384 g/mol. The number of methoxy groups -OCH3 is 1. The van der Waals surface area contributed by atoms with Gasteiger partial charge >= 0.3 is 0 Å². The molecule has 0 fully saturated rings. The van der Waals surface area contributed by atoms with E-state index in [0.29, 0.717) is 0 Å². The van der Waals surface area contributed by atoms with Crippen LogP contribution in [0.15, 0.2) is 60.7 Å². The lowest BCUT2D eigenvalue weighted by molar-refractivity contribution is 0.0586. The molecule has 0 aliphatic heterocycles. The molecule has 2 aromatic rings. The molecule has 0 spiro atoms. The summed E-state index contributed by atoms with van der Waals surface area (Å²) in [4.78, 5) is 0. The summed E-state index contributed by atoms with van der Waals surface area (Å²) in [6.07, 6.45) is 0.0133. The van der Waals surface area contributed by atoms with Gasteiger partial charge in [0.25, 0.3) is 0 Å². The van der Waals surface area contributed by atoms with Crippen LogP contribution in [0.2, 0.25) is 0 Å². The van der Waals surface area contributed by atoms with Crippen molar-refractivity contribution >= 4 is 23.5 Å². The lowest BCUT2D eigenvalue weighted by atomic mass is 9.93. The number of hydrogen-bond donors (Lipinski definition) is 0. The molecule has 0 saturated carbocycles. The smallest absolute Gasteiger partial charge is 0.127 e. The Kier molecular flexibility index (Phi) is 8.65. The van der Waals surface area contributed by atoms with Crippen molar-refractivity contribution in [1.82, 2.24) is 0 Å². The third-order valence-corrected chi connectivity index (χ3v) is 7.40. The second-order valence-electron chi connectivity index (χ2n) is 6.01. The highest BCUT2D eigenvalue weighted by Crippen LogP contribution is 2.48. The normalized spacial score (nSPS) is 13.5. The average molecular weight is 385 g/mol. The van der Waals surface area contributed by atoms with E-state index in [1.54, 1.807) is 7.11 Å². The van der Waals surface area contributed by atoms with Crippen LogP contribution in [0.25, 0.3) is 0 Å². The molecule has 0 aromatic heterocycles. The molecule has 0 radical (unpaired) electrons. The number of ether oxygens (including phenoxy) is 1. The highest BCUT2D eigenvalue weighted by Gasteiger charge is 2.40. The molecular weight excluding hydrogens is 356 g/mol. The number of hydrogen-bond acceptors (Lipinski definition) is 3. The molecule has 0 amide bonds. The van der Waals surface area contributed by atoms with E-state index in [2.05, 4.69) is 69.0 Å². The predicted molar refractivity (Wildman–Crippen MR) is 118 cm³/mol. The summed E-state index contributed by atoms with van der Waals surface area (Å²) >= 11 is 3.85. The predicted octanol–water partition coefficient (Wildman–Crippen LogP) is 6.26. The van der Waals surface area contributed by atoms with Crippen LogP contribution in [-0.4, -0.2) is 22.7 Å². The van der Waals surface area contributed by atoms with Crippen molar-refractivity contribution in [3.05, 3.63) is 71.8 Å². The van der Waals surface area contributed by atoms with Gasteiger partial charge in [-0.05, 0) is 29.2 Å². The standard InChI is InChI=1S/C23H28OS2/c1-5-25-23(26-6-2,18-17-20-13-9-7-10-14-20)19(3)22(24-4)21-15-11-8-12-16-21/h7-16,19,22H,5-6H2,1-4H3/t19-,22+/m1/s1. The van der Waals surface area contributed by atoms with Gasteiger partial charge in [0.2, 0.25) is 0 Å². The van der Waals surface area contributed by atoms with Crippen molar-refractivity contribution in [3.8, 4) is 11.8 Å². The van der Waals surface area contributed by atoms with Crippen LogP contribution in [0, 0.1) is 17.8 Å². The first-order chi connectivity index (χ1) is 12.7. The molecule has 2 aromatic carbocycles. The van der Waals surface area contributed by atoms with E-state index in [9.17, 15) is 0 Å². The zero-order valence-electron chi connectivity index (χ0n) is 16.1. The molecule has 0 unspecified atom stereocenters. The zero-order valence-corrected chi connectivity index (χ0v) is 17.7. The molecular formula is C23H28OS2. The van der Waals surface area contributed by atoms with Crippen molar-refractivity contribution < 1.29 is 4.74 Å². The van der Waals surface area contributed by atoms with Gasteiger partial charge < -0.3 is 4.74 Å². The van der Waals surface area contributed by atoms with Crippen LogP contribution in [-0.2, 0) is 4.74 Å². The number of thioether (sulfide) groups is 2. The van der Waals surface area contributed by atoms with E-state index < -0.39 is 0 Å². The number of benzene rings is 2. The highest BCUT2D eigenvalue weighted by atomic mass is 32.2. The Morgan fingerprint density at radius 1 is 0.923 bits per heavy atom. The second kappa shape index (κ2) is 10.7. The topological polar surface area (TPSA) is 9.23 Å². The van der Waals surface area contributed by atoms with Gasteiger partial charge in [0, 0.05) is 18.6 Å². The fourth-order valence-corrected chi connectivity index (χ4v) is 5.99. The Hall–Kier alpha value is -1.34. The lowest BCUT2D eigenvalue weighted by Gasteiger charge is -2.37. The van der Waals surface area contributed by atoms with E-state index in [-0.39, 0.29) is 16.1 Å². The lowest BCUT2D eigenvalue weighted by Crippen LogP contribution is -2.33. The molecule has 2 atom stereocenters. The molecule has 3 heteroatoms. The highest BCUT2D eigenvalue weighted by molar-refractivity contribution is 8.18. The Morgan fingerprint density at radius 3 is 1.96 bits per heavy atom. The molecule has 0 heterocycles. The summed E-state index contributed by atoms with van der Waals surface area (Å²) < 4.78 is 5.74. The maximum atomic E-state index is 5.95. The van der Waals surface area contributed by atoms with Crippen LogP contribution in [0.3, 0.4) is 0 Å². The van der Waals surface area contributed by atoms with Gasteiger partial charge in [-0.3, -0.25) is 0 Å². The van der Waals surface area contributed by atoms with Crippen LogP contribution in [0.1, 0.15) is 38.0 Å². The second-order valence-corrected chi connectivity index (χ2v) is 9.28. The third-order valence-electron chi connectivity index (χ3n) is 4.31. The summed E-state index contributed by atoms with van der Waals surface area (Å²) in [7, 11) is 1.80. The summed E-state index contributed by atoms with van der Waals surface area (Å²) in [5, 5.41) is 0. The molecule has 0 N–H and O–H groups in total. The van der Waals surface area contributed by atoms with E-state index >= 15 is 0 Å². The average Bonchev–Trinajstić information content (AvgIpc) is 2.68. The first-order valence-corrected chi connectivity index (χ1v) is 11.1. The van der Waals surface area contributed by atoms with Crippen molar-refractivity contribution in [2.75, 3.05) is 18.6 Å². The quantitative estimate of drug-likeness (QED) is 0.392. The minimum Gasteiger partial charge on any atom is -0.376 e. The summed E-state index contributed by atoms with van der Waals surface area (Å²) in [5.41, 5.74) is 2.27. The first-order valence-electron chi connectivity index (χ1n) is 9.10. The Labute approximate surface area is 167 Å². The maximum Gasteiger partial charge on any atom is 0.127 e. The Bertz CT molecular complexity index is 697. The zero-order chi connectivity index (χ0) is 18.8. The number of rotatable bonds is 8. The summed E-state index contributed by atoms with van der Waals surface area (Å²) in [6.45, 7) is 6.68. The molecule has 0 aliphatic rings. The summed E-state index contributed by atoms with van der Waals surface area (Å²) in [5.74, 6) is 9.33.